The number of hydrogen-bond donors (Lipinski definition) is 1. The summed E-state index contributed by atoms with van der Waals surface area (Å²) in [4.78, 5) is 9.97. The summed E-state index contributed by atoms with van der Waals surface area (Å²) in [6.45, 7) is 1.66. The summed E-state index contributed by atoms with van der Waals surface area (Å²) in [5, 5.41) is 13.9. The molecule has 0 aromatic heterocycles. The molecule has 1 aromatic carbocycles. The molecular formula is C13H15F3N2O2. The Bertz CT molecular complexity index is 497. The largest absolute Gasteiger partial charge is 0.416 e. The van der Waals surface area contributed by atoms with Crippen molar-refractivity contribution in [3.8, 4) is 0 Å². The molecule has 0 saturated carbocycles. The van der Waals surface area contributed by atoms with E-state index in [0.717, 1.165) is 32.0 Å². The molecule has 0 aliphatic carbocycles. The van der Waals surface area contributed by atoms with Crippen LogP contribution in [-0.2, 0) is 12.6 Å². The van der Waals surface area contributed by atoms with E-state index in [1.54, 1.807) is 0 Å². The Balaban J connectivity index is 2.26. The van der Waals surface area contributed by atoms with Crippen molar-refractivity contribution in [3.05, 3.63) is 39.4 Å². The standard InChI is InChI=1S/C13H15F3N2O2/c14-13(15,16)11-5-10(6-12(7-11)18(19)20)4-9-2-1-3-17-8-9/h5-7,9,17H,1-4,8H2. The number of benzene rings is 1. The quantitative estimate of drug-likeness (QED) is 0.686. The second-order valence-corrected chi connectivity index (χ2v) is 5.06. The molecule has 20 heavy (non-hydrogen) atoms. The summed E-state index contributed by atoms with van der Waals surface area (Å²) >= 11 is 0. The van der Waals surface area contributed by atoms with E-state index in [-0.39, 0.29) is 5.92 Å². The summed E-state index contributed by atoms with van der Waals surface area (Å²) in [5.74, 6) is 0.229. The predicted octanol–water partition coefficient (Wildman–Crippen LogP) is 3.16. The first-order valence-electron chi connectivity index (χ1n) is 6.42. The fourth-order valence-corrected chi connectivity index (χ4v) is 2.49. The van der Waals surface area contributed by atoms with E-state index in [4.69, 9.17) is 0 Å². The minimum Gasteiger partial charge on any atom is -0.316 e. The van der Waals surface area contributed by atoms with E-state index in [2.05, 4.69) is 5.32 Å². The third-order valence-corrected chi connectivity index (χ3v) is 3.44. The van der Waals surface area contributed by atoms with Gasteiger partial charge in [0.25, 0.3) is 5.69 Å². The SMILES string of the molecule is O=[N+]([O-])c1cc(CC2CCCNC2)cc(C(F)(F)F)c1. The van der Waals surface area contributed by atoms with Gasteiger partial charge in [-0.25, -0.2) is 0 Å². The molecule has 0 bridgehead atoms. The van der Waals surface area contributed by atoms with Gasteiger partial charge in [-0.1, -0.05) is 0 Å². The Morgan fingerprint density at radius 3 is 2.65 bits per heavy atom. The average Bonchev–Trinajstić information content (AvgIpc) is 2.38. The van der Waals surface area contributed by atoms with Crippen LogP contribution in [0.5, 0.6) is 0 Å². The molecule has 1 aromatic rings. The summed E-state index contributed by atoms with van der Waals surface area (Å²) in [5.41, 5.74) is -1.08. The van der Waals surface area contributed by atoms with E-state index in [0.29, 0.717) is 18.1 Å². The fraction of sp³-hybridized carbons (Fsp3) is 0.538. The van der Waals surface area contributed by atoms with Crippen molar-refractivity contribution in [2.45, 2.75) is 25.4 Å². The molecule has 1 heterocycles. The van der Waals surface area contributed by atoms with Gasteiger partial charge < -0.3 is 5.32 Å². The Morgan fingerprint density at radius 2 is 2.10 bits per heavy atom. The molecule has 7 heteroatoms. The van der Waals surface area contributed by atoms with E-state index in [1.165, 1.54) is 6.07 Å². The number of rotatable bonds is 3. The van der Waals surface area contributed by atoms with Crippen molar-refractivity contribution in [2.75, 3.05) is 13.1 Å². The van der Waals surface area contributed by atoms with E-state index < -0.39 is 22.4 Å². The lowest BCUT2D eigenvalue weighted by Crippen LogP contribution is -2.30. The second-order valence-electron chi connectivity index (χ2n) is 5.06. The van der Waals surface area contributed by atoms with Gasteiger partial charge in [0.1, 0.15) is 0 Å². The zero-order valence-electron chi connectivity index (χ0n) is 10.7. The number of piperidine rings is 1. The topological polar surface area (TPSA) is 55.2 Å². The highest BCUT2D eigenvalue weighted by molar-refractivity contribution is 5.40. The van der Waals surface area contributed by atoms with Gasteiger partial charge >= 0.3 is 6.18 Å². The van der Waals surface area contributed by atoms with E-state index in [9.17, 15) is 23.3 Å². The molecule has 2 rings (SSSR count). The molecule has 110 valence electrons. The van der Waals surface area contributed by atoms with Crippen molar-refractivity contribution in [3.63, 3.8) is 0 Å². The normalized spacial score (nSPS) is 19.9. The Morgan fingerprint density at radius 1 is 1.35 bits per heavy atom. The average molecular weight is 288 g/mol. The van der Waals surface area contributed by atoms with Crippen molar-refractivity contribution in [1.29, 1.82) is 0 Å². The molecule has 1 saturated heterocycles. The highest BCUT2D eigenvalue weighted by Crippen LogP contribution is 2.33. The molecule has 1 atom stereocenters. The zero-order chi connectivity index (χ0) is 14.8. The van der Waals surface area contributed by atoms with Crippen molar-refractivity contribution in [2.24, 2.45) is 5.92 Å². The maximum Gasteiger partial charge on any atom is 0.416 e. The first-order chi connectivity index (χ1) is 9.36. The van der Waals surface area contributed by atoms with Gasteiger partial charge in [0.05, 0.1) is 10.5 Å². The van der Waals surface area contributed by atoms with Gasteiger partial charge in [-0.2, -0.15) is 13.2 Å². The number of non-ortho nitro benzene ring substituents is 1. The van der Waals surface area contributed by atoms with Crippen molar-refractivity contribution >= 4 is 5.69 Å². The van der Waals surface area contributed by atoms with Crippen LogP contribution in [-0.4, -0.2) is 18.0 Å². The molecule has 4 nitrogen and oxygen atoms in total. The first kappa shape index (κ1) is 14.8. The number of hydrogen-bond acceptors (Lipinski definition) is 3. The van der Waals surface area contributed by atoms with Gasteiger partial charge in [-0.3, -0.25) is 10.1 Å². The monoisotopic (exact) mass is 288 g/mol. The van der Waals surface area contributed by atoms with Crippen LogP contribution in [0.25, 0.3) is 0 Å². The lowest BCUT2D eigenvalue weighted by Gasteiger charge is -2.23. The van der Waals surface area contributed by atoms with E-state index in [1.807, 2.05) is 0 Å². The number of nitro benzene ring substituents is 1. The van der Waals surface area contributed by atoms with Gasteiger partial charge in [0, 0.05) is 12.1 Å². The molecule has 0 amide bonds. The Kier molecular flexibility index (Phi) is 4.27. The number of nitrogens with one attached hydrogen (secondary N) is 1. The number of nitrogens with zero attached hydrogens (tertiary/aromatic N) is 1. The third-order valence-electron chi connectivity index (χ3n) is 3.44. The molecule has 0 radical (unpaired) electrons. The number of nitro groups is 1. The molecular weight excluding hydrogens is 273 g/mol. The van der Waals surface area contributed by atoms with Crippen molar-refractivity contribution in [1.82, 2.24) is 5.32 Å². The van der Waals surface area contributed by atoms with Gasteiger partial charge in [-0.05, 0) is 49.9 Å². The molecule has 0 spiro atoms. The van der Waals surface area contributed by atoms with Gasteiger partial charge in [0.15, 0.2) is 0 Å². The minimum absolute atomic E-state index is 0.229. The summed E-state index contributed by atoms with van der Waals surface area (Å²) in [6.07, 6.45) is -2.23. The fourth-order valence-electron chi connectivity index (χ4n) is 2.49. The first-order valence-corrected chi connectivity index (χ1v) is 6.42. The van der Waals surface area contributed by atoms with Crippen LogP contribution in [0.1, 0.15) is 24.0 Å². The lowest BCUT2D eigenvalue weighted by atomic mass is 9.91. The highest BCUT2D eigenvalue weighted by atomic mass is 19.4. The Labute approximate surface area is 114 Å². The number of alkyl halides is 3. The smallest absolute Gasteiger partial charge is 0.316 e. The third kappa shape index (κ3) is 3.69. The van der Waals surface area contributed by atoms with Gasteiger partial charge in [-0.15, -0.1) is 0 Å². The van der Waals surface area contributed by atoms with Crippen molar-refractivity contribution < 1.29 is 18.1 Å². The maximum atomic E-state index is 12.8. The zero-order valence-corrected chi connectivity index (χ0v) is 10.7. The number of halogens is 3. The molecule has 1 aliphatic heterocycles. The molecule has 1 aliphatic rings. The van der Waals surface area contributed by atoms with Gasteiger partial charge in [0.2, 0.25) is 0 Å². The van der Waals surface area contributed by atoms with Crippen LogP contribution in [0.3, 0.4) is 0 Å². The molecule has 1 N–H and O–H groups in total. The summed E-state index contributed by atoms with van der Waals surface area (Å²) in [6, 6.07) is 2.84. The summed E-state index contributed by atoms with van der Waals surface area (Å²) in [7, 11) is 0. The van der Waals surface area contributed by atoms with Crippen LogP contribution >= 0.6 is 0 Å². The van der Waals surface area contributed by atoms with Crippen LogP contribution < -0.4 is 5.32 Å². The summed E-state index contributed by atoms with van der Waals surface area (Å²) < 4.78 is 38.3. The predicted molar refractivity (Wildman–Crippen MR) is 67.4 cm³/mol. The highest BCUT2D eigenvalue weighted by Gasteiger charge is 2.33. The van der Waals surface area contributed by atoms with Crippen LogP contribution in [0.2, 0.25) is 0 Å². The van der Waals surface area contributed by atoms with Crippen LogP contribution in [0.4, 0.5) is 18.9 Å². The maximum absolute atomic E-state index is 12.8. The van der Waals surface area contributed by atoms with E-state index >= 15 is 0 Å². The molecule has 1 unspecified atom stereocenters. The van der Waals surface area contributed by atoms with Crippen LogP contribution in [0, 0.1) is 16.0 Å². The second kappa shape index (κ2) is 5.78. The lowest BCUT2D eigenvalue weighted by molar-refractivity contribution is -0.385. The Hall–Kier alpha value is -1.63. The van der Waals surface area contributed by atoms with Crippen LogP contribution in [0.15, 0.2) is 18.2 Å². The minimum atomic E-state index is -4.56. The molecule has 1 fully saturated rings.